The van der Waals surface area contributed by atoms with Gasteiger partial charge in [0.15, 0.2) is 0 Å². The second-order valence-corrected chi connectivity index (χ2v) is 9.67. The second kappa shape index (κ2) is 9.40. The molecule has 0 radical (unpaired) electrons. The van der Waals surface area contributed by atoms with Crippen LogP contribution < -0.4 is 9.64 Å². The number of thioether (sulfide) groups is 1. The van der Waals surface area contributed by atoms with Crippen LogP contribution in [-0.2, 0) is 9.59 Å². The topological polar surface area (TPSA) is 66.9 Å². The molecular weight excluding hydrogens is 468 g/mol. The number of para-hydroxylation sites is 3. The first-order valence-electron chi connectivity index (χ1n) is 10.6. The van der Waals surface area contributed by atoms with Crippen LogP contribution in [-0.4, -0.2) is 35.6 Å². The fourth-order valence-corrected chi connectivity index (χ4v) is 5.83. The number of methoxy groups -OCH3 is 1. The highest BCUT2D eigenvalue weighted by molar-refractivity contribution is 8.18. The maximum atomic E-state index is 13.4. The van der Waals surface area contributed by atoms with Gasteiger partial charge < -0.3 is 4.74 Å². The van der Waals surface area contributed by atoms with Crippen molar-refractivity contribution in [3.63, 3.8) is 0 Å². The summed E-state index contributed by atoms with van der Waals surface area (Å²) in [5.74, 6) is 0.0430. The summed E-state index contributed by atoms with van der Waals surface area (Å²) in [5.41, 5.74) is 2.33. The Hall–Kier alpha value is -3.49. The molecule has 8 heteroatoms. The lowest BCUT2D eigenvalue weighted by Gasteiger charge is -2.31. The number of anilines is 2. The number of carbonyl (C=O) groups excluding carboxylic acids is 3. The normalized spacial score (nSPS) is 16.0. The molecular formula is C26H20N2O4S2. The number of hydrogen-bond donors (Lipinski definition) is 0. The summed E-state index contributed by atoms with van der Waals surface area (Å²) >= 11 is 2.49. The van der Waals surface area contributed by atoms with Crippen LogP contribution in [0.4, 0.5) is 16.2 Å². The standard InChI is InChI=1S/C26H20N2O4S2/c1-32-20-11-5-2-8-17(20)16-23-25(30)27(26(31)34-23)15-14-24(29)28-18-9-3-6-12-21(18)33-22-13-7-4-10-19(22)28/h2-13,16H,14-15H2,1H3/b23-16+. The first-order chi connectivity index (χ1) is 16.6. The molecule has 0 bridgehead atoms. The average molecular weight is 489 g/mol. The summed E-state index contributed by atoms with van der Waals surface area (Å²) in [6.07, 6.45) is 1.67. The van der Waals surface area contributed by atoms with Crippen LogP contribution in [0.1, 0.15) is 12.0 Å². The Morgan fingerprint density at radius 2 is 1.50 bits per heavy atom. The number of nitrogens with zero attached hydrogens (tertiary/aromatic N) is 2. The number of amides is 3. The van der Waals surface area contributed by atoms with Gasteiger partial charge in [0.25, 0.3) is 11.1 Å². The molecule has 0 N–H and O–H groups in total. The van der Waals surface area contributed by atoms with Crippen molar-refractivity contribution < 1.29 is 19.1 Å². The molecule has 2 aliphatic rings. The maximum Gasteiger partial charge on any atom is 0.293 e. The Bertz CT molecular complexity index is 1290. The summed E-state index contributed by atoms with van der Waals surface area (Å²) in [4.78, 5) is 44.0. The van der Waals surface area contributed by atoms with Crippen LogP contribution in [0.3, 0.4) is 0 Å². The Labute approximate surface area is 205 Å². The Morgan fingerprint density at radius 3 is 2.18 bits per heavy atom. The molecule has 34 heavy (non-hydrogen) atoms. The van der Waals surface area contributed by atoms with E-state index < -0.39 is 5.91 Å². The van der Waals surface area contributed by atoms with E-state index in [4.69, 9.17) is 4.74 Å². The minimum Gasteiger partial charge on any atom is -0.496 e. The fraction of sp³-hybridized carbons (Fsp3) is 0.115. The predicted molar refractivity (Wildman–Crippen MR) is 134 cm³/mol. The van der Waals surface area contributed by atoms with Crippen LogP contribution in [0.15, 0.2) is 87.5 Å². The number of hydrogen-bond acceptors (Lipinski definition) is 6. The second-order valence-electron chi connectivity index (χ2n) is 7.59. The molecule has 3 aromatic rings. The van der Waals surface area contributed by atoms with Gasteiger partial charge in [-0.05, 0) is 48.2 Å². The summed E-state index contributed by atoms with van der Waals surface area (Å²) in [6, 6.07) is 22.7. The van der Waals surface area contributed by atoms with Crippen molar-refractivity contribution in [2.24, 2.45) is 0 Å². The first-order valence-corrected chi connectivity index (χ1v) is 12.3. The number of imide groups is 1. The summed E-state index contributed by atoms with van der Waals surface area (Å²) < 4.78 is 5.33. The highest BCUT2D eigenvalue weighted by atomic mass is 32.2. The Kier molecular flexibility index (Phi) is 6.17. The number of rotatable bonds is 5. The number of ether oxygens (including phenoxy) is 1. The van der Waals surface area contributed by atoms with E-state index in [-0.39, 0.29) is 24.1 Å². The fourth-order valence-electron chi connectivity index (χ4n) is 3.91. The summed E-state index contributed by atoms with van der Waals surface area (Å²) in [7, 11) is 1.55. The molecule has 0 atom stereocenters. The molecule has 6 nitrogen and oxygen atoms in total. The minimum absolute atomic E-state index is 0.0146. The van der Waals surface area contributed by atoms with Gasteiger partial charge in [-0.3, -0.25) is 24.2 Å². The zero-order chi connectivity index (χ0) is 23.7. The molecule has 0 unspecified atom stereocenters. The van der Waals surface area contributed by atoms with Gasteiger partial charge in [-0.15, -0.1) is 0 Å². The van der Waals surface area contributed by atoms with Gasteiger partial charge in [-0.25, -0.2) is 0 Å². The minimum atomic E-state index is -0.399. The van der Waals surface area contributed by atoms with Crippen molar-refractivity contribution in [3.8, 4) is 5.75 Å². The smallest absolute Gasteiger partial charge is 0.293 e. The van der Waals surface area contributed by atoms with Gasteiger partial charge in [0, 0.05) is 28.3 Å². The molecule has 0 saturated carbocycles. The lowest BCUT2D eigenvalue weighted by Crippen LogP contribution is -2.35. The van der Waals surface area contributed by atoms with Crippen LogP contribution >= 0.6 is 23.5 Å². The van der Waals surface area contributed by atoms with Crippen molar-refractivity contribution in [1.29, 1.82) is 0 Å². The molecule has 3 amide bonds. The monoisotopic (exact) mass is 488 g/mol. The number of benzene rings is 3. The average Bonchev–Trinajstić information content (AvgIpc) is 3.13. The molecule has 1 saturated heterocycles. The lowest BCUT2D eigenvalue weighted by molar-refractivity contribution is -0.123. The Balaban J connectivity index is 1.35. The van der Waals surface area contributed by atoms with Crippen molar-refractivity contribution >= 4 is 58.0 Å². The van der Waals surface area contributed by atoms with E-state index in [0.29, 0.717) is 16.2 Å². The zero-order valence-corrected chi connectivity index (χ0v) is 19.9. The van der Waals surface area contributed by atoms with E-state index in [1.165, 1.54) is 0 Å². The third kappa shape index (κ3) is 4.10. The molecule has 0 aliphatic carbocycles. The van der Waals surface area contributed by atoms with Crippen LogP contribution in [0.25, 0.3) is 6.08 Å². The van der Waals surface area contributed by atoms with Gasteiger partial charge in [0.05, 0.1) is 23.4 Å². The lowest BCUT2D eigenvalue weighted by atomic mass is 10.2. The van der Waals surface area contributed by atoms with Gasteiger partial charge in [0.2, 0.25) is 5.91 Å². The van der Waals surface area contributed by atoms with E-state index in [0.717, 1.165) is 37.8 Å². The van der Waals surface area contributed by atoms with Crippen molar-refractivity contribution in [1.82, 2.24) is 4.90 Å². The molecule has 3 aromatic carbocycles. The van der Waals surface area contributed by atoms with E-state index in [1.807, 2.05) is 66.7 Å². The summed E-state index contributed by atoms with van der Waals surface area (Å²) in [5, 5.41) is -0.381. The molecule has 1 fully saturated rings. The van der Waals surface area contributed by atoms with E-state index in [2.05, 4.69) is 0 Å². The van der Waals surface area contributed by atoms with Crippen molar-refractivity contribution in [2.75, 3.05) is 18.6 Å². The molecule has 0 aromatic heterocycles. The van der Waals surface area contributed by atoms with Gasteiger partial charge in [0.1, 0.15) is 5.75 Å². The predicted octanol–water partition coefficient (Wildman–Crippen LogP) is 5.95. The number of carbonyl (C=O) groups is 3. The van der Waals surface area contributed by atoms with E-state index in [1.54, 1.807) is 35.9 Å². The quantitative estimate of drug-likeness (QED) is 0.414. The molecule has 2 aliphatic heterocycles. The third-order valence-corrected chi connectivity index (χ3v) is 7.57. The largest absolute Gasteiger partial charge is 0.496 e. The van der Waals surface area contributed by atoms with Gasteiger partial charge in [-0.1, -0.05) is 54.2 Å². The van der Waals surface area contributed by atoms with Crippen molar-refractivity contribution in [2.45, 2.75) is 16.2 Å². The van der Waals surface area contributed by atoms with Crippen LogP contribution in [0.5, 0.6) is 5.75 Å². The summed E-state index contributed by atoms with van der Waals surface area (Å²) in [6.45, 7) is 0.0146. The Morgan fingerprint density at radius 1 is 0.882 bits per heavy atom. The van der Waals surface area contributed by atoms with Crippen molar-refractivity contribution in [3.05, 3.63) is 83.3 Å². The SMILES string of the molecule is COc1ccccc1/C=C1/SC(=O)N(CCC(=O)N2c3ccccc3Sc3ccccc32)C1=O. The highest BCUT2D eigenvalue weighted by Gasteiger charge is 2.36. The molecule has 0 spiro atoms. The third-order valence-electron chi connectivity index (χ3n) is 5.53. The zero-order valence-electron chi connectivity index (χ0n) is 18.3. The van der Waals surface area contributed by atoms with E-state index >= 15 is 0 Å². The van der Waals surface area contributed by atoms with Gasteiger partial charge in [-0.2, -0.15) is 0 Å². The number of fused-ring (bicyclic) bond motifs is 2. The molecule has 170 valence electrons. The van der Waals surface area contributed by atoms with E-state index in [9.17, 15) is 14.4 Å². The molecule has 2 heterocycles. The first kappa shape index (κ1) is 22.3. The maximum absolute atomic E-state index is 13.4. The van der Waals surface area contributed by atoms with Crippen LogP contribution in [0, 0.1) is 0 Å². The highest BCUT2D eigenvalue weighted by Crippen LogP contribution is 2.48. The van der Waals surface area contributed by atoms with Crippen LogP contribution in [0.2, 0.25) is 0 Å². The van der Waals surface area contributed by atoms with Gasteiger partial charge >= 0.3 is 0 Å². The molecule has 5 rings (SSSR count).